The monoisotopic (exact) mass is 512 g/mol. The molecule has 0 radical (unpaired) electrons. The minimum atomic E-state index is -0.746. The number of ketones is 1. The first kappa shape index (κ1) is 29.2. The Hall–Kier alpha value is -1.36. The van der Waals surface area contributed by atoms with Gasteiger partial charge in [-0.05, 0) is 51.0 Å². The van der Waals surface area contributed by atoms with Crippen molar-refractivity contribution in [2.24, 2.45) is 28.1 Å². The van der Waals surface area contributed by atoms with Gasteiger partial charge in [0.25, 0.3) is 0 Å². The molecule has 0 spiro atoms. The number of allylic oxidation sites excluding steroid dienone is 2. The second-order valence-corrected chi connectivity index (χ2v) is 11.4. The van der Waals surface area contributed by atoms with E-state index in [9.17, 15) is 9.59 Å². The van der Waals surface area contributed by atoms with Gasteiger partial charge in [-0.1, -0.05) is 13.0 Å². The fourth-order valence-corrected chi connectivity index (χ4v) is 6.58. The molecular weight excluding hydrogens is 468 g/mol. The van der Waals surface area contributed by atoms with E-state index in [0.717, 1.165) is 6.42 Å². The van der Waals surface area contributed by atoms with Crippen molar-refractivity contribution >= 4 is 11.8 Å². The Morgan fingerprint density at radius 1 is 1.03 bits per heavy atom. The molecule has 0 unspecified atom stereocenters. The zero-order valence-electron chi connectivity index (χ0n) is 22.9. The normalized spacial score (nSPS) is 36.0. The zero-order chi connectivity index (χ0) is 26.6. The van der Waals surface area contributed by atoms with Gasteiger partial charge in [-0.3, -0.25) is 9.59 Å². The largest absolute Gasteiger partial charge is 0.461 e. The van der Waals surface area contributed by atoms with E-state index in [2.05, 4.69) is 6.92 Å². The lowest BCUT2D eigenvalue weighted by atomic mass is 9.48. The molecule has 0 amide bonds. The third-order valence-electron chi connectivity index (χ3n) is 8.27. The molecule has 3 aliphatic rings. The van der Waals surface area contributed by atoms with Crippen LogP contribution in [0.2, 0.25) is 0 Å². The summed E-state index contributed by atoms with van der Waals surface area (Å²) in [5.41, 5.74) is -1.81. The molecule has 36 heavy (non-hydrogen) atoms. The van der Waals surface area contributed by atoms with Crippen LogP contribution in [0.15, 0.2) is 12.2 Å². The number of ether oxygens (including phenoxy) is 7. The summed E-state index contributed by atoms with van der Waals surface area (Å²) < 4.78 is 40.7. The molecule has 9 nitrogen and oxygen atoms in total. The molecule has 2 saturated carbocycles. The Bertz CT molecular complexity index is 791. The second kappa shape index (κ2) is 12.0. The predicted molar refractivity (Wildman–Crippen MR) is 131 cm³/mol. The Morgan fingerprint density at radius 2 is 1.69 bits per heavy atom. The third-order valence-corrected chi connectivity index (χ3v) is 8.27. The van der Waals surface area contributed by atoms with E-state index in [1.807, 2.05) is 26.8 Å². The summed E-state index contributed by atoms with van der Waals surface area (Å²) in [6, 6.07) is 0. The molecule has 0 bridgehead atoms. The standard InChI is InChI=1S/C27H44O9/c1-8-26-12-18(28)9-10-19(26)23-20(34-16-31-6)11-21(35-17-32-7)27(23,14-33-15-30-5)22(13-26)36-24(29)25(2,3)4/h9-10,19-23H,8,11-17H2,1-7H3/t19-,20+,21+,22-,23+,26+,27-/m0/s1. The molecule has 0 saturated heterocycles. The van der Waals surface area contributed by atoms with Crippen molar-refractivity contribution in [2.45, 2.75) is 71.7 Å². The van der Waals surface area contributed by atoms with Gasteiger partial charge in [0.2, 0.25) is 0 Å². The average Bonchev–Trinajstić information content (AvgIpc) is 3.14. The van der Waals surface area contributed by atoms with Crippen molar-refractivity contribution in [1.29, 1.82) is 0 Å². The lowest BCUT2D eigenvalue weighted by Gasteiger charge is -2.59. The van der Waals surface area contributed by atoms with E-state index >= 15 is 0 Å². The SMILES string of the molecule is CC[C@]12CC(=O)C=C[C@H]1[C@@H]1[C@H](OCOC)C[C@@H](OCOC)[C@@]1(COCOC)[C@@H](OC(=O)C(C)(C)C)C2. The number of methoxy groups -OCH3 is 3. The van der Waals surface area contributed by atoms with Gasteiger partial charge < -0.3 is 33.2 Å². The van der Waals surface area contributed by atoms with Crippen LogP contribution in [-0.2, 0) is 42.7 Å². The van der Waals surface area contributed by atoms with Crippen LogP contribution in [0.25, 0.3) is 0 Å². The molecule has 0 heterocycles. The molecule has 7 atom stereocenters. The number of carbonyl (C=O) groups is 2. The summed E-state index contributed by atoms with van der Waals surface area (Å²) in [6.07, 6.45) is 4.79. The van der Waals surface area contributed by atoms with Crippen LogP contribution < -0.4 is 0 Å². The highest BCUT2D eigenvalue weighted by Gasteiger charge is 2.70. The maximum absolute atomic E-state index is 13.3. The average molecular weight is 513 g/mol. The predicted octanol–water partition coefficient (Wildman–Crippen LogP) is 3.49. The quantitative estimate of drug-likeness (QED) is 0.221. The first-order valence-corrected chi connectivity index (χ1v) is 12.8. The van der Waals surface area contributed by atoms with Gasteiger partial charge in [0, 0.05) is 40.1 Å². The molecule has 0 aromatic rings. The highest BCUT2D eigenvalue weighted by atomic mass is 16.7. The van der Waals surface area contributed by atoms with E-state index < -0.39 is 16.9 Å². The molecule has 206 valence electrons. The van der Waals surface area contributed by atoms with Gasteiger partial charge in [0.05, 0.1) is 29.6 Å². The van der Waals surface area contributed by atoms with E-state index in [-0.39, 0.29) is 68.2 Å². The molecule has 0 aromatic carbocycles. The van der Waals surface area contributed by atoms with Crippen LogP contribution in [0.3, 0.4) is 0 Å². The number of hydrogen-bond donors (Lipinski definition) is 0. The third kappa shape index (κ3) is 5.56. The smallest absolute Gasteiger partial charge is 0.311 e. The van der Waals surface area contributed by atoms with Crippen molar-refractivity contribution in [3.05, 3.63) is 12.2 Å². The fraction of sp³-hybridized carbons (Fsp3) is 0.852. The van der Waals surface area contributed by atoms with Gasteiger partial charge in [0.15, 0.2) is 5.78 Å². The minimum absolute atomic E-state index is 0.00827. The summed E-state index contributed by atoms with van der Waals surface area (Å²) >= 11 is 0. The van der Waals surface area contributed by atoms with Crippen LogP contribution in [0.5, 0.6) is 0 Å². The van der Waals surface area contributed by atoms with Crippen LogP contribution >= 0.6 is 0 Å². The lowest BCUT2D eigenvalue weighted by molar-refractivity contribution is -0.239. The first-order chi connectivity index (χ1) is 17.1. The molecule has 0 aliphatic heterocycles. The zero-order valence-corrected chi connectivity index (χ0v) is 22.9. The lowest BCUT2D eigenvalue weighted by Crippen LogP contribution is -2.63. The number of carbonyl (C=O) groups excluding carboxylic acids is 2. The number of hydrogen-bond acceptors (Lipinski definition) is 9. The molecule has 9 heteroatoms. The van der Waals surface area contributed by atoms with Gasteiger partial charge in [-0.2, -0.15) is 0 Å². The number of esters is 1. The van der Waals surface area contributed by atoms with E-state index in [4.69, 9.17) is 33.2 Å². The Morgan fingerprint density at radius 3 is 2.31 bits per heavy atom. The maximum atomic E-state index is 13.3. The molecule has 3 aliphatic carbocycles. The fourth-order valence-electron chi connectivity index (χ4n) is 6.58. The van der Waals surface area contributed by atoms with E-state index in [1.165, 1.54) is 0 Å². The van der Waals surface area contributed by atoms with Crippen LogP contribution in [-0.4, -0.2) is 78.4 Å². The van der Waals surface area contributed by atoms with Gasteiger partial charge in [-0.25, -0.2) is 0 Å². The summed E-state index contributed by atoms with van der Waals surface area (Å²) in [5.74, 6) is -0.348. The highest BCUT2D eigenvalue weighted by molar-refractivity contribution is 5.91. The summed E-state index contributed by atoms with van der Waals surface area (Å²) in [6.45, 7) is 8.16. The van der Waals surface area contributed by atoms with Gasteiger partial charge in [0.1, 0.15) is 26.5 Å². The first-order valence-electron chi connectivity index (χ1n) is 12.8. The van der Waals surface area contributed by atoms with Crippen molar-refractivity contribution in [3.63, 3.8) is 0 Å². The number of rotatable bonds is 12. The molecule has 0 N–H and O–H groups in total. The van der Waals surface area contributed by atoms with Crippen molar-refractivity contribution in [1.82, 2.24) is 0 Å². The van der Waals surface area contributed by atoms with Crippen LogP contribution in [0, 0.1) is 28.1 Å². The molecule has 0 aromatic heterocycles. The maximum Gasteiger partial charge on any atom is 0.311 e. The summed E-state index contributed by atoms with van der Waals surface area (Å²) in [7, 11) is 4.74. The Balaban J connectivity index is 2.18. The highest BCUT2D eigenvalue weighted by Crippen LogP contribution is 2.65. The van der Waals surface area contributed by atoms with Gasteiger partial charge in [-0.15, -0.1) is 0 Å². The number of fused-ring (bicyclic) bond motifs is 3. The van der Waals surface area contributed by atoms with Crippen LogP contribution in [0.1, 0.15) is 53.4 Å². The minimum Gasteiger partial charge on any atom is -0.461 e. The molecule has 2 fully saturated rings. The topological polar surface area (TPSA) is 98.8 Å². The van der Waals surface area contributed by atoms with E-state index in [0.29, 0.717) is 19.3 Å². The Labute approximate surface area is 215 Å². The Kier molecular flexibility index (Phi) is 9.74. The second-order valence-electron chi connectivity index (χ2n) is 11.4. The molecular formula is C27H44O9. The van der Waals surface area contributed by atoms with Crippen molar-refractivity contribution in [2.75, 3.05) is 48.3 Å². The van der Waals surface area contributed by atoms with Crippen molar-refractivity contribution in [3.8, 4) is 0 Å². The van der Waals surface area contributed by atoms with Crippen LogP contribution in [0.4, 0.5) is 0 Å². The van der Waals surface area contributed by atoms with Crippen molar-refractivity contribution < 1.29 is 42.7 Å². The summed E-state index contributed by atoms with van der Waals surface area (Å²) in [5, 5.41) is 0. The van der Waals surface area contributed by atoms with E-state index in [1.54, 1.807) is 27.4 Å². The molecule has 3 rings (SSSR count). The van der Waals surface area contributed by atoms with Gasteiger partial charge >= 0.3 is 5.97 Å². The summed E-state index contributed by atoms with van der Waals surface area (Å²) in [4.78, 5) is 26.0.